The molecule has 3 aliphatic rings. The van der Waals surface area contributed by atoms with Gasteiger partial charge in [-0.25, -0.2) is 0 Å². The molecule has 2 bridgehead atoms. The van der Waals surface area contributed by atoms with Crippen LogP contribution in [0.5, 0.6) is 0 Å². The Balaban J connectivity index is 2.03. The van der Waals surface area contributed by atoms with Crippen molar-refractivity contribution in [2.75, 3.05) is 12.3 Å². The van der Waals surface area contributed by atoms with Crippen molar-refractivity contribution in [1.29, 1.82) is 0 Å². The van der Waals surface area contributed by atoms with Gasteiger partial charge >= 0.3 is 0 Å². The Kier molecular flexibility index (Phi) is 1.29. The van der Waals surface area contributed by atoms with Gasteiger partial charge in [0.15, 0.2) is 0 Å². The molecule has 0 aromatic heterocycles. The molecule has 4 N–H and O–H groups in total. The monoisotopic (exact) mass is 216 g/mol. The molecule has 4 unspecified atom stereocenters. The van der Waals surface area contributed by atoms with Crippen molar-refractivity contribution in [3.63, 3.8) is 0 Å². The number of fused-ring (bicyclic) bond motifs is 3. The summed E-state index contributed by atoms with van der Waals surface area (Å²) < 4.78 is 0. The Hall–Kier alpha value is -1.06. The minimum Gasteiger partial charge on any atom is -0.399 e. The summed E-state index contributed by atoms with van der Waals surface area (Å²) in [6.07, 6.45) is 0.799. The molecule has 1 saturated heterocycles. The molecule has 2 aliphatic carbocycles. The second-order valence-electron chi connectivity index (χ2n) is 5.86. The Morgan fingerprint density at radius 1 is 1.44 bits per heavy atom. The van der Waals surface area contributed by atoms with Crippen molar-refractivity contribution >= 4 is 5.69 Å². The molecule has 3 nitrogen and oxygen atoms in total. The minimum atomic E-state index is -0.268. The largest absolute Gasteiger partial charge is 0.399 e. The van der Waals surface area contributed by atoms with Crippen LogP contribution in [-0.4, -0.2) is 23.8 Å². The second kappa shape index (κ2) is 2.29. The average Bonchev–Trinajstić information content (AvgIpc) is 2.57. The normalized spacial score (nSPS) is 47.4. The van der Waals surface area contributed by atoms with E-state index < -0.39 is 0 Å². The fraction of sp³-hybridized carbons (Fsp3) is 0.538. The second-order valence-corrected chi connectivity index (χ2v) is 5.86. The summed E-state index contributed by atoms with van der Waals surface area (Å²) in [6, 6.07) is 6.46. The minimum absolute atomic E-state index is 0.0983. The van der Waals surface area contributed by atoms with E-state index in [1.54, 1.807) is 0 Å². The highest BCUT2D eigenvalue weighted by Crippen LogP contribution is 2.63. The summed E-state index contributed by atoms with van der Waals surface area (Å²) in [7, 11) is 0. The van der Waals surface area contributed by atoms with Crippen LogP contribution in [0, 0.1) is 0 Å². The van der Waals surface area contributed by atoms with Crippen molar-refractivity contribution in [3.8, 4) is 0 Å². The zero-order chi connectivity index (χ0) is 11.1. The molecule has 16 heavy (non-hydrogen) atoms. The predicted octanol–water partition coefficient (Wildman–Crippen LogP) is 0.514. The van der Waals surface area contributed by atoms with Crippen LogP contribution in [0.3, 0.4) is 0 Å². The van der Waals surface area contributed by atoms with Gasteiger partial charge in [-0.3, -0.25) is 0 Å². The molecule has 2 fully saturated rings. The molecule has 4 rings (SSSR count). The molecule has 1 aromatic carbocycles. The van der Waals surface area contributed by atoms with Gasteiger partial charge in [-0.2, -0.15) is 0 Å². The first-order valence-electron chi connectivity index (χ1n) is 5.90. The van der Waals surface area contributed by atoms with E-state index in [1.165, 1.54) is 11.1 Å². The highest BCUT2D eigenvalue weighted by atomic mass is 16.3. The molecular formula is C13H16N2O. The third kappa shape index (κ3) is 0.684. The highest BCUT2D eigenvalue weighted by Gasteiger charge is 2.69. The Morgan fingerprint density at radius 3 is 2.94 bits per heavy atom. The zero-order valence-corrected chi connectivity index (χ0v) is 9.33. The van der Waals surface area contributed by atoms with Gasteiger partial charge < -0.3 is 16.2 Å². The summed E-state index contributed by atoms with van der Waals surface area (Å²) in [6.45, 7) is 3.17. The van der Waals surface area contributed by atoms with E-state index >= 15 is 0 Å². The molecule has 1 aromatic rings. The predicted molar refractivity (Wildman–Crippen MR) is 62.3 cm³/mol. The van der Waals surface area contributed by atoms with Gasteiger partial charge in [-0.1, -0.05) is 13.0 Å². The van der Waals surface area contributed by atoms with Crippen LogP contribution in [0.4, 0.5) is 5.69 Å². The van der Waals surface area contributed by atoms with E-state index in [9.17, 15) is 5.11 Å². The lowest BCUT2D eigenvalue weighted by atomic mass is 9.68. The van der Waals surface area contributed by atoms with Crippen molar-refractivity contribution in [2.24, 2.45) is 0 Å². The quantitative estimate of drug-likeness (QED) is 0.554. The first-order chi connectivity index (χ1) is 7.58. The van der Waals surface area contributed by atoms with E-state index in [2.05, 4.69) is 24.4 Å². The first kappa shape index (κ1) is 9.02. The van der Waals surface area contributed by atoms with Gasteiger partial charge in [0.25, 0.3) is 0 Å². The average molecular weight is 216 g/mol. The molecule has 0 radical (unpaired) electrons. The van der Waals surface area contributed by atoms with Gasteiger partial charge in [0.05, 0.1) is 6.10 Å². The first-order valence-corrected chi connectivity index (χ1v) is 5.90. The summed E-state index contributed by atoms with van der Waals surface area (Å²) in [5, 5.41) is 13.8. The number of hydrogen-bond acceptors (Lipinski definition) is 3. The summed E-state index contributed by atoms with van der Waals surface area (Å²) in [4.78, 5) is 0. The van der Waals surface area contributed by atoms with Crippen LogP contribution >= 0.6 is 0 Å². The van der Waals surface area contributed by atoms with Crippen LogP contribution < -0.4 is 11.1 Å². The van der Waals surface area contributed by atoms with E-state index in [0.29, 0.717) is 0 Å². The smallest absolute Gasteiger partial charge is 0.0796 e. The third-order valence-corrected chi connectivity index (χ3v) is 5.08. The number of hydrogen-bond donors (Lipinski definition) is 3. The summed E-state index contributed by atoms with van der Waals surface area (Å²) >= 11 is 0. The van der Waals surface area contributed by atoms with Crippen molar-refractivity contribution in [3.05, 3.63) is 29.3 Å². The summed E-state index contributed by atoms with van der Waals surface area (Å²) in [5.74, 6) is 0. The fourth-order valence-electron chi connectivity index (χ4n) is 4.26. The number of aliphatic hydroxyl groups is 1. The number of nitrogens with two attached hydrogens (primary N) is 1. The highest BCUT2D eigenvalue weighted by molar-refractivity contribution is 5.60. The maximum absolute atomic E-state index is 10.4. The van der Waals surface area contributed by atoms with E-state index in [1.807, 2.05) is 6.07 Å². The number of nitrogen functional groups attached to an aromatic ring is 1. The molecule has 4 atom stereocenters. The molecule has 1 heterocycles. The van der Waals surface area contributed by atoms with E-state index in [-0.39, 0.29) is 23.0 Å². The maximum Gasteiger partial charge on any atom is 0.0796 e. The molecule has 0 amide bonds. The maximum atomic E-state index is 10.4. The number of benzene rings is 1. The topological polar surface area (TPSA) is 58.3 Å². The standard InChI is InChI=1S/C13H16N2O/c1-12-5-13(6-15-10(13)11(12)16)8-3-2-7(14)4-9(8)12/h2-4,10-11,15-16H,5-6,14H2,1H3. The SMILES string of the molecule is CC12CC3(CNC3C1O)c1ccc(N)cc12. The molecule has 1 spiro atoms. The molecule has 84 valence electrons. The van der Waals surface area contributed by atoms with Crippen LogP contribution in [-0.2, 0) is 10.8 Å². The van der Waals surface area contributed by atoms with Gasteiger partial charge in [0, 0.05) is 29.1 Å². The van der Waals surface area contributed by atoms with Crippen LogP contribution in [0.2, 0.25) is 0 Å². The number of nitrogens with one attached hydrogen (secondary N) is 1. The van der Waals surface area contributed by atoms with E-state index in [4.69, 9.17) is 5.73 Å². The zero-order valence-electron chi connectivity index (χ0n) is 9.33. The lowest BCUT2D eigenvalue weighted by molar-refractivity contribution is 0.0488. The summed E-state index contributed by atoms with van der Waals surface area (Å²) in [5.41, 5.74) is 9.46. The van der Waals surface area contributed by atoms with Gasteiger partial charge in [0.2, 0.25) is 0 Å². The molecule has 3 heteroatoms. The fourth-order valence-corrected chi connectivity index (χ4v) is 4.26. The van der Waals surface area contributed by atoms with Crippen LogP contribution in [0.1, 0.15) is 24.5 Å². The molecule has 1 aliphatic heterocycles. The van der Waals surface area contributed by atoms with E-state index in [0.717, 1.165) is 18.7 Å². The Morgan fingerprint density at radius 2 is 2.25 bits per heavy atom. The van der Waals surface area contributed by atoms with Crippen LogP contribution in [0.15, 0.2) is 18.2 Å². The van der Waals surface area contributed by atoms with Crippen molar-refractivity contribution in [2.45, 2.75) is 36.3 Å². The number of anilines is 1. The lowest BCUT2D eigenvalue weighted by Gasteiger charge is -2.49. The van der Waals surface area contributed by atoms with Crippen molar-refractivity contribution in [1.82, 2.24) is 5.32 Å². The van der Waals surface area contributed by atoms with Crippen molar-refractivity contribution < 1.29 is 5.11 Å². The van der Waals surface area contributed by atoms with Gasteiger partial charge in [-0.05, 0) is 29.7 Å². The van der Waals surface area contributed by atoms with Gasteiger partial charge in [0.1, 0.15) is 0 Å². The Bertz CT molecular complexity index is 501. The van der Waals surface area contributed by atoms with Gasteiger partial charge in [-0.15, -0.1) is 0 Å². The number of rotatable bonds is 0. The molecular weight excluding hydrogens is 200 g/mol. The van der Waals surface area contributed by atoms with Crippen LogP contribution in [0.25, 0.3) is 0 Å². The number of aliphatic hydroxyl groups excluding tert-OH is 1. The third-order valence-electron chi connectivity index (χ3n) is 5.08. The lowest BCUT2D eigenvalue weighted by Crippen LogP contribution is -2.67. The Labute approximate surface area is 94.7 Å². The molecule has 1 saturated carbocycles.